The van der Waals surface area contributed by atoms with Gasteiger partial charge in [-0.15, -0.1) is 0 Å². The Morgan fingerprint density at radius 1 is 0.913 bits per heavy atom. The van der Waals surface area contributed by atoms with Crippen molar-refractivity contribution in [2.45, 2.75) is 13.2 Å². The third-order valence-electron chi connectivity index (χ3n) is 3.22. The molecule has 0 saturated carbocycles. The van der Waals surface area contributed by atoms with Gasteiger partial charge in [-0.05, 0) is 12.1 Å². The Kier molecular flexibility index (Phi) is 4.01. The molecule has 0 saturated heterocycles. The summed E-state index contributed by atoms with van der Waals surface area (Å²) in [5.41, 5.74) is 2.50. The monoisotopic (exact) mass is 316 g/mol. The fourth-order valence-electron chi connectivity index (χ4n) is 2.09. The highest BCUT2D eigenvalue weighted by Gasteiger charge is 2.16. The first-order chi connectivity index (χ1) is 11.1. The van der Waals surface area contributed by atoms with E-state index in [4.69, 9.17) is 19.0 Å². The SMILES string of the molecule is O=C(O)OCc1ccccc1C(=O)OCc1cccc2ooc12. The molecule has 118 valence electrons. The van der Waals surface area contributed by atoms with E-state index < -0.39 is 12.1 Å². The number of hydrogen-bond donors (Lipinski definition) is 1. The van der Waals surface area contributed by atoms with E-state index in [9.17, 15) is 9.59 Å². The van der Waals surface area contributed by atoms with Crippen molar-refractivity contribution in [1.29, 1.82) is 0 Å². The lowest BCUT2D eigenvalue weighted by Gasteiger charge is -2.10. The number of hydrogen-bond acceptors (Lipinski definition) is 6. The third-order valence-corrected chi connectivity index (χ3v) is 3.22. The molecule has 0 unspecified atom stereocenters. The van der Waals surface area contributed by atoms with E-state index in [1.807, 2.05) is 0 Å². The molecule has 0 atom stereocenters. The van der Waals surface area contributed by atoms with Gasteiger partial charge in [0.1, 0.15) is 13.2 Å². The smallest absolute Gasteiger partial charge is 0.457 e. The van der Waals surface area contributed by atoms with Crippen LogP contribution in [0.3, 0.4) is 0 Å². The van der Waals surface area contributed by atoms with Crippen LogP contribution in [-0.4, -0.2) is 17.2 Å². The largest absolute Gasteiger partial charge is 0.506 e. The van der Waals surface area contributed by atoms with Gasteiger partial charge in [0.05, 0.1) is 5.56 Å². The number of benzene rings is 2. The van der Waals surface area contributed by atoms with Gasteiger partial charge in [-0.25, -0.2) is 9.59 Å². The van der Waals surface area contributed by atoms with Crippen molar-refractivity contribution in [2.24, 2.45) is 0 Å². The Labute approximate surface area is 129 Å². The van der Waals surface area contributed by atoms with Crippen LogP contribution >= 0.6 is 0 Å². The Morgan fingerprint density at radius 3 is 2.39 bits per heavy atom. The van der Waals surface area contributed by atoms with Gasteiger partial charge in [0.25, 0.3) is 0 Å². The standard InChI is InChI=1S/C16H12O7/c17-15(12-6-2-1-4-10(12)8-21-16(18)19)20-9-11-5-3-7-13-14(11)23-22-13/h1-7H,8-9H2,(H,18,19). The van der Waals surface area contributed by atoms with Crippen LogP contribution in [0.4, 0.5) is 4.79 Å². The van der Waals surface area contributed by atoms with E-state index in [0.717, 1.165) is 0 Å². The van der Waals surface area contributed by atoms with E-state index in [1.54, 1.807) is 42.5 Å². The molecule has 7 nitrogen and oxygen atoms in total. The van der Waals surface area contributed by atoms with Crippen LogP contribution in [-0.2, 0) is 22.7 Å². The van der Waals surface area contributed by atoms with Crippen molar-refractivity contribution in [1.82, 2.24) is 0 Å². The second-order valence-corrected chi connectivity index (χ2v) is 4.70. The van der Waals surface area contributed by atoms with Crippen molar-refractivity contribution in [3.63, 3.8) is 0 Å². The van der Waals surface area contributed by atoms with Gasteiger partial charge in [-0.3, -0.25) is 9.15 Å². The van der Waals surface area contributed by atoms with Crippen LogP contribution in [0.15, 0.2) is 51.6 Å². The average Bonchev–Trinajstić information content (AvgIpc) is 2.52. The lowest BCUT2D eigenvalue weighted by molar-refractivity contribution is 0.0425. The molecule has 7 heteroatoms. The molecule has 0 fully saturated rings. The van der Waals surface area contributed by atoms with Crippen molar-refractivity contribution in [3.05, 3.63) is 59.2 Å². The van der Waals surface area contributed by atoms with Crippen molar-refractivity contribution < 1.29 is 33.3 Å². The highest BCUT2D eigenvalue weighted by atomic mass is 17.0. The predicted octanol–water partition coefficient (Wildman–Crippen LogP) is 3.58. The molecule has 23 heavy (non-hydrogen) atoms. The van der Waals surface area contributed by atoms with E-state index in [0.29, 0.717) is 22.3 Å². The zero-order chi connectivity index (χ0) is 16.2. The summed E-state index contributed by atoms with van der Waals surface area (Å²) >= 11 is 0. The van der Waals surface area contributed by atoms with E-state index >= 15 is 0 Å². The number of ether oxygens (including phenoxy) is 2. The minimum atomic E-state index is -1.41. The molecular weight excluding hydrogens is 304 g/mol. The lowest BCUT2D eigenvalue weighted by Crippen LogP contribution is -2.10. The minimum absolute atomic E-state index is 0.0134. The number of carboxylic acid groups (broad SMARTS) is 1. The highest BCUT2D eigenvalue weighted by Crippen LogP contribution is 2.23. The summed E-state index contributed by atoms with van der Waals surface area (Å²) in [6, 6.07) is 11.8. The molecule has 0 aliphatic heterocycles. The normalized spacial score (nSPS) is 10.6. The van der Waals surface area contributed by atoms with E-state index in [-0.39, 0.29) is 18.8 Å². The average molecular weight is 316 g/mol. The molecule has 0 aliphatic rings. The van der Waals surface area contributed by atoms with Crippen molar-refractivity contribution in [2.75, 3.05) is 0 Å². The molecule has 1 aromatic heterocycles. The molecule has 1 heterocycles. The quantitative estimate of drug-likeness (QED) is 0.567. The molecule has 2 aromatic carbocycles. The Morgan fingerprint density at radius 2 is 1.65 bits per heavy atom. The number of carbonyl (C=O) groups excluding carboxylic acids is 1. The number of para-hydroxylation sites is 1. The maximum absolute atomic E-state index is 12.2. The lowest BCUT2D eigenvalue weighted by atomic mass is 10.1. The molecule has 3 aromatic rings. The molecule has 0 aliphatic carbocycles. The van der Waals surface area contributed by atoms with Crippen LogP contribution in [0.2, 0.25) is 0 Å². The van der Waals surface area contributed by atoms with Gasteiger partial charge in [-0.2, -0.15) is 0 Å². The summed E-state index contributed by atoms with van der Waals surface area (Å²) in [6.07, 6.45) is -1.41. The van der Waals surface area contributed by atoms with Crippen LogP contribution in [0.1, 0.15) is 21.5 Å². The summed E-state index contributed by atoms with van der Waals surface area (Å²) in [7, 11) is 0. The maximum Gasteiger partial charge on any atom is 0.506 e. The summed E-state index contributed by atoms with van der Waals surface area (Å²) in [4.78, 5) is 22.7. The topological polar surface area (TPSA) is 99.1 Å². The summed E-state index contributed by atoms with van der Waals surface area (Å²) in [5.74, 6) is -0.576. The second-order valence-electron chi connectivity index (χ2n) is 4.70. The van der Waals surface area contributed by atoms with E-state index in [2.05, 4.69) is 4.74 Å². The molecular formula is C16H12O7. The molecule has 0 radical (unpaired) electrons. The van der Waals surface area contributed by atoms with Gasteiger partial charge < -0.3 is 14.6 Å². The fraction of sp³-hybridized carbons (Fsp3) is 0.125. The zero-order valence-electron chi connectivity index (χ0n) is 11.9. The van der Waals surface area contributed by atoms with Crippen LogP contribution in [0.25, 0.3) is 11.2 Å². The molecule has 0 amide bonds. The third kappa shape index (κ3) is 3.18. The highest BCUT2D eigenvalue weighted by molar-refractivity contribution is 5.91. The zero-order valence-corrected chi connectivity index (χ0v) is 11.9. The first-order valence-electron chi connectivity index (χ1n) is 6.72. The van der Waals surface area contributed by atoms with Gasteiger partial charge in [-0.1, -0.05) is 30.3 Å². The van der Waals surface area contributed by atoms with Crippen molar-refractivity contribution >= 4 is 23.3 Å². The maximum atomic E-state index is 12.2. The molecule has 1 N–H and O–H groups in total. The molecule has 0 spiro atoms. The second kappa shape index (κ2) is 6.27. The molecule has 3 rings (SSSR count). The Bertz CT molecular complexity index is 843. The van der Waals surface area contributed by atoms with Gasteiger partial charge in [0.2, 0.25) is 11.2 Å². The Balaban J connectivity index is 1.70. The van der Waals surface area contributed by atoms with E-state index in [1.165, 1.54) is 0 Å². The number of rotatable bonds is 5. The summed E-state index contributed by atoms with van der Waals surface area (Å²) in [6.45, 7) is -0.211. The number of fused-ring (bicyclic) bond motifs is 1. The van der Waals surface area contributed by atoms with Gasteiger partial charge in [0, 0.05) is 11.1 Å². The van der Waals surface area contributed by atoms with Crippen LogP contribution in [0, 0.1) is 0 Å². The predicted molar refractivity (Wildman–Crippen MR) is 76.9 cm³/mol. The fourth-order valence-corrected chi connectivity index (χ4v) is 2.09. The van der Waals surface area contributed by atoms with Crippen LogP contribution in [0.5, 0.6) is 0 Å². The van der Waals surface area contributed by atoms with Gasteiger partial charge in [0.15, 0.2) is 0 Å². The van der Waals surface area contributed by atoms with Crippen molar-refractivity contribution in [3.8, 4) is 0 Å². The summed E-state index contributed by atoms with van der Waals surface area (Å²) < 4.78 is 19.4. The number of carbonyl (C=O) groups is 2. The van der Waals surface area contributed by atoms with Gasteiger partial charge >= 0.3 is 12.1 Å². The number of esters is 1. The first kappa shape index (κ1) is 14.7. The molecule has 0 bridgehead atoms. The minimum Gasteiger partial charge on any atom is -0.457 e. The first-order valence-corrected chi connectivity index (χ1v) is 6.72. The Hall–Kier alpha value is -3.22. The summed E-state index contributed by atoms with van der Waals surface area (Å²) in [5, 5.41) is 8.56. The van der Waals surface area contributed by atoms with Crippen LogP contribution < -0.4 is 0 Å².